The molecule has 7 nitrogen and oxygen atoms in total. The molecule has 7 heteroatoms. The third kappa shape index (κ3) is 3.33. The van der Waals surface area contributed by atoms with Crippen LogP contribution in [0.3, 0.4) is 0 Å². The van der Waals surface area contributed by atoms with Crippen LogP contribution in [0.1, 0.15) is 17.2 Å². The molecule has 0 amide bonds. The predicted octanol–water partition coefficient (Wildman–Crippen LogP) is 4.03. The van der Waals surface area contributed by atoms with E-state index in [1.54, 1.807) is 6.07 Å². The van der Waals surface area contributed by atoms with Crippen LogP contribution in [0.15, 0.2) is 83.9 Å². The lowest BCUT2D eigenvalue weighted by Gasteiger charge is -2.21. The first-order valence-electron chi connectivity index (χ1n) is 8.66. The number of nitro groups is 1. The molecule has 0 atom stereocenters. The van der Waals surface area contributed by atoms with Crippen LogP contribution in [0.5, 0.6) is 0 Å². The van der Waals surface area contributed by atoms with E-state index in [1.807, 2.05) is 60.7 Å². The number of rotatable bonds is 5. The number of nitrogens with one attached hydrogen (secondary N) is 2. The van der Waals surface area contributed by atoms with Crippen molar-refractivity contribution in [2.75, 3.05) is 5.32 Å². The summed E-state index contributed by atoms with van der Waals surface area (Å²) in [7, 11) is 0. The first-order valence-corrected chi connectivity index (χ1v) is 8.66. The maximum absolute atomic E-state index is 12.0. The van der Waals surface area contributed by atoms with Gasteiger partial charge in [0.15, 0.2) is 0 Å². The topological polar surface area (TPSA) is 101 Å². The Hall–Kier alpha value is -4.00. The largest absolute Gasteiger partial charge is 0.369 e. The molecule has 0 radical (unpaired) electrons. The van der Waals surface area contributed by atoms with Crippen molar-refractivity contribution in [1.29, 1.82) is 0 Å². The molecular formula is C21H16N4O3. The summed E-state index contributed by atoms with van der Waals surface area (Å²) in [5.41, 5.74) is 2.01. The quantitative estimate of drug-likeness (QED) is 0.407. The Bertz CT molecular complexity index is 1150. The standard InChI is InChI=1S/C21H16N4O3/c26-21-16-11-19(25(27)28)18(12-17(16)22-13-23-21)24-20(14-7-3-1-4-8-14)15-9-5-2-6-10-15/h1-13,20,24H,(H,22,23,26). The molecular weight excluding hydrogens is 356 g/mol. The molecule has 0 saturated carbocycles. The van der Waals surface area contributed by atoms with Gasteiger partial charge in [0, 0.05) is 6.07 Å². The summed E-state index contributed by atoms with van der Waals surface area (Å²) in [5.74, 6) is 0. The Morgan fingerprint density at radius 2 is 1.57 bits per heavy atom. The fourth-order valence-electron chi connectivity index (χ4n) is 3.18. The third-order valence-electron chi connectivity index (χ3n) is 4.52. The van der Waals surface area contributed by atoms with Crippen molar-refractivity contribution < 1.29 is 4.92 Å². The fraction of sp³-hybridized carbons (Fsp3) is 0.0476. The van der Waals surface area contributed by atoms with Crippen LogP contribution in [0.4, 0.5) is 11.4 Å². The zero-order valence-corrected chi connectivity index (χ0v) is 14.7. The molecule has 138 valence electrons. The van der Waals surface area contributed by atoms with Gasteiger partial charge < -0.3 is 10.3 Å². The molecule has 4 aromatic rings. The zero-order chi connectivity index (χ0) is 19.5. The lowest BCUT2D eigenvalue weighted by Crippen LogP contribution is -2.14. The van der Waals surface area contributed by atoms with Crippen molar-refractivity contribution in [3.63, 3.8) is 0 Å². The minimum absolute atomic E-state index is 0.177. The summed E-state index contributed by atoms with van der Waals surface area (Å²) < 4.78 is 0. The zero-order valence-electron chi connectivity index (χ0n) is 14.7. The Morgan fingerprint density at radius 1 is 0.964 bits per heavy atom. The van der Waals surface area contributed by atoms with Gasteiger partial charge in [-0.15, -0.1) is 0 Å². The molecule has 28 heavy (non-hydrogen) atoms. The van der Waals surface area contributed by atoms with Gasteiger partial charge in [-0.3, -0.25) is 14.9 Å². The highest BCUT2D eigenvalue weighted by molar-refractivity contribution is 5.86. The molecule has 0 aliphatic heterocycles. The van der Waals surface area contributed by atoms with Gasteiger partial charge >= 0.3 is 0 Å². The molecule has 0 fully saturated rings. The van der Waals surface area contributed by atoms with E-state index in [9.17, 15) is 14.9 Å². The maximum Gasteiger partial charge on any atom is 0.293 e. The maximum atomic E-state index is 12.0. The van der Waals surface area contributed by atoms with E-state index in [0.29, 0.717) is 11.2 Å². The van der Waals surface area contributed by atoms with Gasteiger partial charge in [0.2, 0.25) is 0 Å². The highest BCUT2D eigenvalue weighted by Gasteiger charge is 2.21. The number of aromatic nitrogens is 2. The molecule has 4 rings (SSSR count). The van der Waals surface area contributed by atoms with Crippen LogP contribution >= 0.6 is 0 Å². The number of fused-ring (bicyclic) bond motifs is 1. The minimum Gasteiger partial charge on any atom is -0.369 e. The number of hydrogen-bond acceptors (Lipinski definition) is 5. The molecule has 1 heterocycles. The average Bonchev–Trinajstić information content (AvgIpc) is 2.73. The first-order chi connectivity index (χ1) is 13.6. The average molecular weight is 372 g/mol. The molecule has 0 unspecified atom stereocenters. The van der Waals surface area contributed by atoms with Crippen molar-refractivity contribution in [3.05, 3.63) is 111 Å². The number of hydrogen-bond donors (Lipinski definition) is 2. The molecule has 0 aliphatic carbocycles. The predicted molar refractivity (Wildman–Crippen MR) is 107 cm³/mol. The normalized spacial score (nSPS) is 10.9. The van der Waals surface area contributed by atoms with Gasteiger partial charge in [0.05, 0.1) is 28.2 Å². The van der Waals surface area contributed by atoms with Crippen molar-refractivity contribution in [2.45, 2.75) is 6.04 Å². The molecule has 0 bridgehead atoms. The van der Waals surface area contributed by atoms with E-state index in [1.165, 1.54) is 12.4 Å². The number of anilines is 1. The van der Waals surface area contributed by atoms with Crippen LogP contribution in [-0.4, -0.2) is 14.9 Å². The van der Waals surface area contributed by atoms with E-state index in [0.717, 1.165) is 11.1 Å². The summed E-state index contributed by atoms with van der Waals surface area (Å²) >= 11 is 0. The van der Waals surface area contributed by atoms with Crippen LogP contribution in [0.25, 0.3) is 10.9 Å². The van der Waals surface area contributed by atoms with E-state index >= 15 is 0 Å². The van der Waals surface area contributed by atoms with E-state index in [2.05, 4.69) is 15.3 Å². The van der Waals surface area contributed by atoms with Crippen LogP contribution in [0.2, 0.25) is 0 Å². The summed E-state index contributed by atoms with van der Waals surface area (Å²) in [5, 5.41) is 15.1. The van der Waals surface area contributed by atoms with Gasteiger partial charge in [-0.25, -0.2) is 4.98 Å². The lowest BCUT2D eigenvalue weighted by molar-refractivity contribution is -0.383. The highest BCUT2D eigenvalue weighted by atomic mass is 16.6. The third-order valence-corrected chi connectivity index (χ3v) is 4.52. The molecule has 0 spiro atoms. The number of H-pyrrole nitrogens is 1. The Kier molecular flexibility index (Phi) is 4.55. The lowest BCUT2D eigenvalue weighted by atomic mass is 9.98. The van der Waals surface area contributed by atoms with E-state index in [-0.39, 0.29) is 17.1 Å². The Morgan fingerprint density at radius 3 is 2.14 bits per heavy atom. The number of benzene rings is 3. The van der Waals surface area contributed by atoms with Gasteiger partial charge in [-0.2, -0.15) is 0 Å². The highest BCUT2D eigenvalue weighted by Crippen LogP contribution is 2.33. The van der Waals surface area contributed by atoms with Gasteiger partial charge in [0.1, 0.15) is 5.69 Å². The fourth-order valence-corrected chi connectivity index (χ4v) is 3.18. The number of nitro benzene ring substituents is 1. The Labute approximate surface area is 159 Å². The monoisotopic (exact) mass is 372 g/mol. The molecule has 0 saturated heterocycles. The van der Waals surface area contributed by atoms with Crippen molar-refractivity contribution in [1.82, 2.24) is 9.97 Å². The van der Waals surface area contributed by atoms with Crippen LogP contribution in [0, 0.1) is 10.1 Å². The number of aromatic amines is 1. The molecule has 0 aliphatic rings. The second-order valence-electron chi connectivity index (χ2n) is 6.27. The molecule has 1 aromatic heterocycles. The smallest absolute Gasteiger partial charge is 0.293 e. The van der Waals surface area contributed by atoms with Crippen molar-refractivity contribution in [2.24, 2.45) is 0 Å². The summed E-state index contributed by atoms with van der Waals surface area (Å²) in [6.45, 7) is 0. The minimum atomic E-state index is -0.499. The van der Waals surface area contributed by atoms with E-state index in [4.69, 9.17) is 0 Å². The first kappa shape index (κ1) is 17.4. The Balaban J connectivity index is 1.87. The molecule has 2 N–H and O–H groups in total. The number of nitrogens with zero attached hydrogens (tertiary/aromatic N) is 2. The van der Waals surface area contributed by atoms with Gasteiger partial charge in [0.25, 0.3) is 11.2 Å². The van der Waals surface area contributed by atoms with Gasteiger partial charge in [-0.1, -0.05) is 60.7 Å². The van der Waals surface area contributed by atoms with Crippen LogP contribution < -0.4 is 10.9 Å². The second kappa shape index (κ2) is 7.32. The van der Waals surface area contributed by atoms with Crippen molar-refractivity contribution >= 4 is 22.3 Å². The second-order valence-corrected chi connectivity index (χ2v) is 6.27. The SMILES string of the molecule is O=c1[nH]cnc2cc(NC(c3ccccc3)c3ccccc3)c([N+](=O)[O-])cc12. The van der Waals surface area contributed by atoms with Crippen molar-refractivity contribution in [3.8, 4) is 0 Å². The van der Waals surface area contributed by atoms with Gasteiger partial charge in [-0.05, 0) is 17.2 Å². The molecule has 3 aromatic carbocycles. The summed E-state index contributed by atoms with van der Waals surface area (Å²) in [4.78, 5) is 29.7. The van der Waals surface area contributed by atoms with E-state index < -0.39 is 10.5 Å². The summed E-state index contributed by atoms with van der Waals surface area (Å²) in [6.07, 6.45) is 1.28. The summed E-state index contributed by atoms with van der Waals surface area (Å²) in [6, 6.07) is 21.8. The van der Waals surface area contributed by atoms with Crippen LogP contribution in [-0.2, 0) is 0 Å².